The summed E-state index contributed by atoms with van der Waals surface area (Å²) in [5.74, 6) is 0. The third-order valence-electron chi connectivity index (χ3n) is 18.4. The average molecular weight is 1110 g/mol. The fourth-order valence-electron chi connectivity index (χ4n) is 14.2. The second-order valence-electron chi connectivity index (χ2n) is 23.2. The van der Waals surface area contributed by atoms with E-state index in [2.05, 4.69) is 349 Å². The van der Waals surface area contributed by atoms with Gasteiger partial charge < -0.3 is 9.13 Å². The lowest BCUT2D eigenvalue weighted by Gasteiger charge is -2.34. The van der Waals surface area contributed by atoms with Gasteiger partial charge in [-0.05, 0) is 172 Å². The summed E-state index contributed by atoms with van der Waals surface area (Å²) in [5.41, 5.74) is 23.6. The summed E-state index contributed by atoms with van der Waals surface area (Å²) in [6.45, 7) is 0. The molecule has 0 bridgehead atoms. The maximum Gasteiger partial charge on any atom is 0.0713 e. The first-order valence-corrected chi connectivity index (χ1v) is 30.1. The predicted molar refractivity (Wildman–Crippen MR) is 369 cm³/mol. The van der Waals surface area contributed by atoms with Gasteiger partial charge in [-0.15, -0.1) is 0 Å². The van der Waals surface area contributed by atoms with Crippen LogP contribution in [0, 0.1) is 0 Å². The Kier molecular flexibility index (Phi) is 11.8. The maximum atomic E-state index is 2.46. The number of benzene rings is 14. The lowest BCUT2D eigenvalue weighted by molar-refractivity contribution is 0.769. The van der Waals surface area contributed by atoms with E-state index in [1.807, 2.05) is 0 Å². The van der Waals surface area contributed by atoms with Crippen molar-refractivity contribution < 1.29 is 0 Å². The van der Waals surface area contributed by atoms with E-state index in [0.717, 1.165) is 11.1 Å². The van der Waals surface area contributed by atoms with Gasteiger partial charge in [0.25, 0.3) is 0 Å². The Bertz CT molecular complexity index is 5080. The lowest BCUT2D eigenvalue weighted by atomic mass is 9.67. The van der Waals surface area contributed by atoms with Crippen LogP contribution in [-0.4, -0.2) is 9.13 Å². The Labute approximate surface area is 505 Å². The number of fused-ring (bicyclic) bond motifs is 11. The zero-order valence-corrected chi connectivity index (χ0v) is 47.7. The molecule has 0 N–H and O–H groups in total. The number of nitrogens with zero attached hydrogens (tertiary/aromatic N) is 2. The highest BCUT2D eigenvalue weighted by atomic mass is 15.0. The molecule has 0 fully saturated rings. The van der Waals surface area contributed by atoms with Crippen LogP contribution < -0.4 is 0 Å². The van der Waals surface area contributed by atoms with Crippen LogP contribution >= 0.6 is 0 Å². The molecule has 0 amide bonds. The van der Waals surface area contributed by atoms with E-state index in [9.17, 15) is 0 Å². The van der Waals surface area contributed by atoms with Gasteiger partial charge in [-0.3, -0.25) is 0 Å². The molecule has 0 radical (unpaired) electrons. The zero-order valence-electron chi connectivity index (χ0n) is 47.7. The smallest absolute Gasteiger partial charge is 0.0713 e. The van der Waals surface area contributed by atoms with Crippen LogP contribution in [0.2, 0.25) is 0 Å². The summed E-state index contributed by atoms with van der Waals surface area (Å²) in [5, 5.41) is 9.97. The largest absolute Gasteiger partial charge is 0.309 e. The van der Waals surface area contributed by atoms with Crippen molar-refractivity contribution in [2.24, 2.45) is 0 Å². The average Bonchev–Trinajstić information content (AvgIpc) is 1.58. The SMILES string of the molecule is C(=C\c1ccc2c(c1)c1ccccc1n2-c1ccc2ccccc2c1)/c1ccc(-c2ccc3c(c2)C(c2ccccc2)(c2ccccc2)c2cc(-c4ccc(/C=C/c5ccc6c(c5)c5ccccc5n6-c5ccc6ccccc6c5)cc4)ccc2-3)cc1. The van der Waals surface area contributed by atoms with Gasteiger partial charge in [0.05, 0.1) is 27.5 Å². The van der Waals surface area contributed by atoms with Crippen LogP contribution in [0.25, 0.3) is 134 Å². The third kappa shape index (κ3) is 8.40. The van der Waals surface area contributed by atoms with Gasteiger partial charge in [0.2, 0.25) is 0 Å². The highest BCUT2D eigenvalue weighted by molar-refractivity contribution is 6.11. The van der Waals surface area contributed by atoms with Crippen molar-refractivity contribution in [3.8, 4) is 44.8 Å². The predicted octanol–water partition coefficient (Wildman–Crippen LogP) is 22.2. The molecule has 2 aromatic heterocycles. The van der Waals surface area contributed by atoms with Gasteiger partial charge in [0.15, 0.2) is 0 Å². The summed E-state index contributed by atoms with van der Waals surface area (Å²) in [4.78, 5) is 0. The van der Waals surface area contributed by atoms with Crippen LogP contribution in [0.15, 0.2) is 315 Å². The summed E-state index contributed by atoms with van der Waals surface area (Å²) < 4.78 is 4.80. The van der Waals surface area contributed by atoms with Crippen molar-refractivity contribution in [1.82, 2.24) is 9.13 Å². The van der Waals surface area contributed by atoms with E-state index >= 15 is 0 Å². The van der Waals surface area contributed by atoms with Crippen molar-refractivity contribution in [2.45, 2.75) is 5.41 Å². The Morgan fingerprint density at radius 2 is 0.586 bits per heavy atom. The van der Waals surface area contributed by atoms with Gasteiger partial charge in [-0.1, -0.05) is 267 Å². The van der Waals surface area contributed by atoms with Crippen molar-refractivity contribution in [3.05, 3.63) is 360 Å². The standard InChI is InChI=1S/C85H56N2/c1-3-19-69(20-4-1)85(70-21-5-2-6-22-70)79-55-67(63-37-31-57(32-38-63)27-29-59-35-49-83-77(51-59)75-23-11-13-25-81(75)86(83)71-45-41-61-15-7-9-17-65(61)53-71)43-47-73(79)74-48-44-68(56-80(74)85)64-39-33-58(34-40-64)28-30-60-36-50-84-78(52-60)76-24-12-14-26-82(76)87(84)72-46-42-62-16-8-10-18-66(62)54-72/h1-56H/b29-27+,30-28+. The van der Waals surface area contributed by atoms with E-state index in [0.29, 0.717) is 0 Å². The first kappa shape index (κ1) is 50.2. The van der Waals surface area contributed by atoms with Crippen molar-refractivity contribution >= 4 is 89.5 Å². The molecule has 0 saturated carbocycles. The van der Waals surface area contributed by atoms with Gasteiger partial charge in [-0.25, -0.2) is 0 Å². The van der Waals surface area contributed by atoms with Crippen LogP contribution in [0.3, 0.4) is 0 Å². The molecule has 17 rings (SSSR count). The van der Waals surface area contributed by atoms with E-state index in [-0.39, 0.29) is 0 Å². The summed E-state index contributed by atoms with van der Waals surface area (Å²) in [6.07, 6.45) is 8.96. The minimum Gasteiger partial charge on any atom is -0.309 e. The molecule has 2 nitrogen and oxygen atoms in total. The number of aromatic nitrogens is 2. The van der Waals surface area contributed by atoms with E-state index < -0.39 is 5.41 Å². The number of hydrogen-bond donors (Lipinski definition) is 0. The molecule has 87 heavy (non-hydrogen) atoms. The van der Waals surface area contributed by atoms with Gasteiger partial charge in [0, 0.05) is 32.9 Å². The molecule has 0 unspecified atom stereocenters. The topological polar surface area (TPSA) is 9.86 Å². The lowest BCUT2D eigenvalue weighted by Crippen LogP contribution is -2.28. The highest BCUT2D eigenvalue weighted by Crippen LogP contribution is 2.57. The van der Waals surface area contributed by atoms with Crippen LogP contribution in [-0.2, 0) is 5.41 Å². The van der Waals surface area contributed by atoms with Crippen LogP contribution in [0.5, 0.6) is 0 Å². The molecule has 2 heterocycles. The van der Waals surface area contributed by atoms with E-state index in [1.165, 1.54) is 143 Å². The van der Waals surface area contributed by atoms with Crippen molar-refractivity contribution in [3.63, 3.8) is 0 Å². The summed E-state index contributed by atoms with van der Waals surface area (Å²) in [6, 6.07) is 117. The number of para-hydroxylation sites is 2. The maximum absolute atomic E-state index is 2.46. The Morgan fingerprint density at radius 3 is 1.03 bits per heavy atom. The monoisotopic (exact) mass is 1100 g/mol. The van der Waals surface area contributed by atoms with Crippen LogP contribution in [0.4, 0.5) is 0 Å². The highest BCUT2D eigenvalue weighted by Gasteiger charge is 2.46. The van der Waals surface area contributed by atoms with Gasteiger partial charge in [0.1, 0.15) is 0 Å². The quantitative estimate of drug-likeness (QED) is 0.121. The molecule has 1 aliphatic rings. The normalized spacial score (nSPS) is 12.8. The molecule has 16 aromatic rings. The number of hydrogen-bond acceptors (Lipinski definition) is 0. The zero-order chi connectivity index (χ0) is 57.4. The van der Waals surface area contributed by atoms with E-state index in [1.54, 1.807) is 0 Å². The first-order chi connectivity index (χ1) is 43.1. The molecule has 0 aliphatic heterocycles. The van der Waals surface area contributed by atoms with Gasteiger partial charge >= 0.3 is 0 Å². The van der Waals surface area contributed by atoms with Crippen molar-refractivity contribution in [2.75, 3.05) is 0 Å². The minimum atomic E-state index is -0.559. The summed E-state index contributed by atoms with van der Waals surface area (Å²) in [7, 11) is 0. The Balaban J connectivity index is 0.674. The molecular weight excluding hydrogens is 1050 g/mol. The molecule has 1 aliphatic carbocycles. The fraction of sp³-hybridized carbons (Fsp3) is 0.0118. The van der Waals surface area contributed by atoms with Crippen LogP contribution in [0.1, 0.15) is 44.5 Å². The van der Waals surface area contributed by atoms with Crippen molar-refractivity contribution in [1.29, 1.82) is 0 Å². The fourth-order valence-corrected chi connectivity index (χ4v) is 14.2. The first-order valence-electron chi connectivity index (χ1n) is 30.1. The third-order valence-corrected chi connectivity index (χ3v) is 18.4. The molecule has 14 aromatic carbocycles. The summed E-state index contributed by atoms with van der Waals surface area (Å²) >= 11 is 0. The molecule has 0 saturated heterocycles. The molecule has 2 heteroatoms. The van der Waals surface area contributed by atoms with Gasteiger partial charge in [-0.2, -0.15) is 0 Å². The molecule has 0 spiro atoms. The Hall–Kier alpha value is -11.3. The second-order valence-corrected chi connectivity index (χ2v) is 23.2. The second kappa shape index (κ2) is 20.5. The molecule has 0 atom stereocenters. The number of rotatable bonds is 10. The van der Waals surface area contributed by atoms with E-state index in [4.69, 9.17) is 0 Å². The molecule has 406 valence electrons. The molecular formula is C85H56N2. The Morgan fingerprint density at radius 1 is 0.230 bits per heavy atom. The minimum absolute atomic E-state index is 0.559.